The standard InChI is InChI=1S/C49H59N9O7S/c1-32(2)38-6-3-4-7-39(38)43-8-5-17-58(43)34-25-48(26-34)12-18-57(19-13-48)45-24-44(65-36-22-33-11-16-50-46(33)52-27-36)40(28-51-45)47(59)55-66(62,63)37-9-10-41(42(23-37)54-61)53-31-49(60)14-20-56(21-15-49)35-29-64-30-35/h3-4,6-7,9-11,16,22-24,27-28,32,34-35,43,53,60H,5,8,12-15,17-21,25-26,29-31H2,1-2H3,(H,50,52)(H,55,59). The Morgan fingerprint density at radius 1 is 0.970 bits per heavy atom. The maximum absolute atomic E-state index is 14.0. The van der Waals surface area contributed by atoms with E-state index in [4.69, 9.17) is 14.5 Å². The molecular weight excluding hydrogens is 859 g/mol. The summed E-state index contributed by atoms with van der Waals surface area (Å²) in [4.78, 5) is 45.2. The van der Waals surface area contributed by atoms with Crippen molar-refractivity contribution in [3.63, 3.8) is 0 Å². The van der Waals surface area contributed by atoms with Gasteiger partial charge < -0.3 is 29.8 Å². The first-order chi connectivity index (χ1) is 31.9. The Labute approximate surface area is 385 Å². The zero-order valence-corrected chi connectivity index (χ0v) is 38.4. The lowest BCUT2D eigenvalue weighted by Gasteiger charge is -2.56. The van der Waals surface area contributed by atoms with Crippen molar-refractivity contribution >= 4 is 44.2 Å². The van der Waals surface area contributed by atoms with Crippen LogP contribution in [0.4, 0.5) is 17.2 Å². The van der Waals surface area contributed by atoms with E-state index in [9.17, 15) is 23.2 Å². The summed E-state index contributed by atoms with van der Waals surface area (Å²) in [6, 6.07) is 19.6. The first-order valence-corrected chi connectivity index (χ1v) is 24.9. The number of ether oxygens (including phenoxy) is 2. The normalized spacial score (nSPS) is 21.5. The number of carbonyl (C=O) groups excluding carboxylic acids is 1. The van der Waals surface area contributed by atoms with Crippen LogP contribution in [0.5, 0.6) is 11.5 Å². The lowest BCUT2D eigenvalue weighted by molar-refractivity contribution is -0.0957. The van der Waals surface area contributed by atoms with Gasteiger partial charge in [0, 0.05) is 68.7 Å². The monoisotopic (exact) mass is 917 g/mol. The molecule has 7 heterocycles. The summed E-state index contributed by atoms with van der Waals surface area (Å²) >= 11 is 0. The molecule has 17 heteroatoms. The number of anilines is 2. The van der Waals surface area contributed by atoms with E-state index in [1.807, 2.05) is 6.07 Å². The first-order valence-electron chi connectivity index (χ1n) is 23.4. The van der Waals surface area contributed by atoms with Crippen molar-refractivity contribution in [1.82, 2.24) is 29.5 Å². The van der Waals surface area contributed by atoms with E-state index >= 15 is 0 Å². The van der Waals surface area contributed by atoms with Crippen LogP contribution in [0, 0.1) is 10.3 Å². The third-order valence-corrected chi connectivity index (χ3v) is 16.3. The topological polar surface area (TPSA) is 195 Å². The number of sulfonamides is 1. The third-order valence-electron chi connectivity index (χ3n) is 15.0. The Bertz CT molecular complexity index is 2700. The van der Waals surface area contributed by atoms with Crippen molar-refractivity contribution in [2.75, 3.05) is 62.7 Å². The second-order valence-electron chi connectivity index (χ2n) is 19.5. The van der Waals surface area contributed by atoms with Gasteiger partial charge in [-0.3, -0.25) is 14.6 Å². The molecule has 10 rings (SSSR count). The summed E-state index contributed by atoms with van der Waals surface area (Å²) in [5, 5.41) is 18.2. The number of H-pyrrole nitrogens is 1. The van der Waals surface area contributed by atoms with Crippen molar-refractivity contribution in [2.45, 2.75) is 99.8 Å². The molecular formula is C49H59N9O7S. The number of carbonyl (C=O) groups is 1. The van der Waals surface area contributed by atoms with Gasteiger partial charge in [0.25, 0.3) is 15.9 Å². The SMILES string of the molecule is CC(C)c1ccccc1C1CCCN1C1CC2(CCN(c3cc(Oc4cnc5[nH]ccc5c4)c(C(=O)NS(=O)(=O)c4ccc(NCC5(O)CCN(C6COC6)CC5)c(N=O)c4)cn3)CC2)C1. The minimum Gasteiger partial charge on any atom is -0.455 e. The Kier molecular flexibility index (Phi) is 12.1. The Morgan fingerprint density at radius 2 is 1.76 bits per heavy atom. The van der Waals surface area contributed by atoms with E-state index < -0.39 is 21.5 Å². The van der Waals surface area contributed by atoms with E-state index in [1.54, 1.807) is 18.3 Å². The number of benzene rings is 2. The fourth-order valence-corrected chi connectivity index (χ4v) is 12.0. The number of nitrogens with zero attached hydrogens (tertiary/aromatic N) is 6. The summed E-state index contributed by atoms with van der Waals surface area (Å²) in [7, 11) is -4.51. The Morgan fingerprint density at radius 3 is 2.50 bits per heavy atom. The number of fused-ring (bicyclic) bond motifs is 1. The number of nitrogens with one attached hydrogen (secondary N) is 3. The molecule has 348 valence electrons. The summed E-state index contributed by atoms with van der Waals surface area (Å²) in [6.07, 6.45) is 12.6. The number of aliphatic hydroxyl groups is 1. The molecule has 1 aliphatic carbocycles. The highest BCUT2D eigenvalue weighted by molar-refractivity contribution is 7.90. The molecule has 5 fully saturated rings. The quantitative estimate of drug-likeness (QED) is 0.0796. The Hall–Kier alpha value is -5.46. The summed E-state index contributed by atoms with van der Waals surface area (Å²) in [5.74, 6) is 0.641. The van der Waals surface area contributed by atoms with Crippen LogP contribution < -0.4 is 19.7 Å². The van der Waals surface area contributed by atoms with Crippen molar-refractivity contribution in [1.29, 1.82) is 0 Å². The van der Waals surface area contributed by atoms with Crippen molar-refractivity contribution < 1.29 is 27.8 Å². The minimum absolute atomic E-state index is 0.0952. The molecule has 0 radical (unpaired) electrons. The molecule has 5 aromatic rings. The molecule has 66 heavy (non-hydrogen) atoms. The lowest BCUT2D eigenvalue weighted by Crippen LogP contribution is -2.56. The van der Waals surface area contributed by atoms with Crippen LogP contribution in [0.25, 0.3) is 11.0 Å². The fourth-order valence-electron chi connectivity index (χ4n) is 11.0. The van der Waals surface area contributed by atoms with Crippen LogP contribution in [0.3, 0.4) is 0 Å². The number of piperidine rings is 2. The molecule has 3 aromatic heterocycles. The van der Waals surface area contributed by atoms with E-state index in [1.165, 1.54) is 61.3 Å². The van der Waals surface area contributed by atoms with Gasteiger partial charge >= 0.3 is 0 Å². The molecule has 4 aliphatic heterocycles. The van der Waals surface area contributed by atoms with E-state index in [2.05, 4.69) is 78.0 Å². The largest absolute Gasteiger partial charge is 0.455 e. The molecule has 16 nitrogen and oxygen atoms in total. The van der Waals surface area contributed by atoms with Crippen LogP contribution in [-0.4, -0.2) is 114 Å². The molecule has 1 spiro atoms. The molecule has 2 aromatic carbocycles. The van der Waals surface area contributed by atoms with Crippen LogP contribution in [0.1, 0.15) is 98.7 Å². The summed E-state index contributed by atoms with van der Waals surface area (Å²) in [5.41, 5.74) is 2.90. The zero-order chi connectivity index (χ0) is 45.6. The van der Waals surface area contributed by atoms with E-state index in [0.29, 0.717) is 67.3 Å². The molecule has 0 bridgehead atoms. The third kappa shape index (κ3) is 8.90. The Balaban J connectivity index is 0.817. The van der Waals surface area contributed by atoms with Crippen molar-refractivity contribution in [3.05, 3.63) is 101 Å². The van der Waals surface area contributed by atoms with Gasteiger partial charge in [-0.15, -0.1) is 4.91 Å². The first kappa shape index (κ1) is 44.4. The maximum atomic E-state index is 14.0. The number of hydrogen-bond acceptors (Lipinski definition) is 14. The van der Waals surface area contributed by atoms with Gasteiger partial charge in [0.2, 0.25) is 0 Å². The molecule has 4 saturated heterocycles. The van der Waals surface area contributed by atoms with Crippen LogP contribution >= 0.6 is 0 Å². The van der Waals surface area contributed by atoms with Crippen molar-refractivity contribution in [2.24, 2.45) is 10.6 Å². The van der Waals surface area contributed by atoms with Gasteiger partial charge in [-0.2, -0.15) is 0 Å². The number of pyridine rings is 2. The predicted octanol–water partition coefficient (Wildman–Crippen LogP) is 7.61. The highest BCUT2D eigenvalue weighted by Gasteiger charge is 2.50. The molecule has 5 aliphatic rings. The molecule has 1 amide bonds. The number of likely N-dealkylation sites (tertiary alicyclic amines) is 2. The predicted molar refractivity (Wildman–Crippen MR) is 252 cm³/mol. The number of amides is 1. The van der Waals surface area contributed by atoms with Gasteiger partial charge in [-0.25, -0.2) is 23.1 Å². The van der Waals surface area contributed by atoms with Crippen LogP contribution in [-0.2, 0) is 14.8 Å². The van der Waals surface area contributed by atoms with Gasteiger partial charge in [0.15, 0.2) is 0 Å². The fraction of sp³-hybridized carbons (Fsp3) is 0.490. The molecule has 1 atom stereocenters. The van der Waals surface area contributed by atoms with Gasteiger partial charge in [-0.05, 0) is 116 Å². The highest BCUT2D eigenvalue weighted by atomic mass is 32.2. The maximum Gasteiger partial charge on any atom is 0.270 e. The average molecular weight is 918 g/mol. The second-order valence-corrected chi connectivity index (χ2v) is 21.1. The number of rotatable bonds is 14. The minimum atomic E-state index is -4.51. The number of hydrogen-bond donors (Lipinski definition) is 4. The molecule has 1 unspecified atom stereocenters. The van der Waals surface area contributed by atoms with E-state index in [0.717, 1.165) is 57.0 Å². The molecule has 1 saturated carbocycles. The van der Waals surface area contributed by atoms with Gasteiger partial charge in [0.1, 0.15) is 34.2 Å². The zero-order valence-electron chi connectivity index (χ0n) is 37.6. The average Bonchev–Trinajstić information content (AvgIpc) is 3.98. The highest BCUT2D eigenvalue weighted by Crippen LogP contribution is 2.54. The molecule has 4 N–H and O–H groups in total. The van der Waals surface area contributed by atoms with Crippen molar-refractivity contribution in [3.8, 4) is 11.5 Å². The van der Waals surface area contributed by atoms with Gasteiger partial charge in [-0.1, -0.05) is 38.1 Å². The smallest absolute Gasteiger partial charge is 0.270 e. The lowest BCUT2D eigenvalue weighted by atomic mass is 9.60. The van der Waals surface area contributed by atoms with Crippen LogP contribution in [0.2, 0.25) is 0 Å². The second kappa shape index (κ2) is 18.0. The number of aromatic amines is 1. The summed E-state index contributed by atoms with van der Waals surface area (Å²) < 4.78 is 41.3. The number of aromatic nitrogens is 3. The van der Waals surface area contributed by atoms with Gasteiger partial charge in [0.05, 0.1) is 41.6 Å². The van der Waals surface area contributed by atoms with E-state index in [-0.39, 0.29) is 39.5 Å². The number of nitroso groups, excluding NO2 is 1. The summed E-state index contributed by atoms with van der Waals surface area (Å²) in [6.45, 7) is 10.3. The van der Waals surface area contributed by atoms with Crippen LogP contribution in [0.15, 0.2) is 89.3 Å².